The zero-order valence-electron chi connectivity index (χ0n) is 12.2. The van der Waals surface area contributed by atoms with Crippen molar-refractivity contribution in [2.24, 2.45) is 17.3 Å². The van der Waals surface area contributed by atoms with Gasteiger partial charge < -0.3 is 15.0 Å². The Morgan fingerprint density at radius 3 is 2.65 bits per heavy atom. The van der Waals surface area contributed by atoms with Gasteiger partial charge in [-0.3, -0.25) is 0 Å². The first-order chi connectivity index (χ1) is 11.1. The second kappa shape index (κ2) is 6.13. The number of hydrogen-bond acceptors (Lipinski definition) is 3. The number of benzene rings is 2. The third-order valence-corrected chi connectivity index (χ3v) is 3.59. The Labute approximate surface area is 137 Å². The Hall–Kier alpha value is -2.80. The van der Waals surface area contributed by atoms with Gasteiger partial charge in [-0.1, -0.05) is 30.3 Å². The van der Waals surface area contributed by atoms with Gasteiger partial charge in [0.05, 0.1) is 11.2 Å². The van der Waals surface area contributed by atoms with E-state index in [1.54, 1.807) is 29.8 Å². The number of hydrogen-bond donors (Lipinski definition) is 2. The molecule has 2 aromatic carbocycles. The summed E-state index contributed by atoms with van der Waals surface area (Å²) >= 11 is 5.04. The molecule has 1 heterocycles. The molecule has 23 heavy (non-hydrogen) atoms. The standard InChI is InChI=1S/C16H13FN4OS/c1-21-13-9-5-2-6-10(13)14(15(21)22)19-20-16(23)18-12-8-4-3-7-11(12)17/h2-9,22H,1H3,(H,18,23). The molecular formula is C16H13FN4OS. The SMILES string of the molecule is Cn1c(O)c(N=NC(=S)Nc2ccccc2F)c2ccccc21. The molecule has 3 rings (SSSR count). The van der Waals surface area contributed by atoms with Gasteiger partial charge in [0.25, 0.3) is 0 Å². The van der Waals surface area contributed by atoms with E-state index in [2.05, 4.69) is 15.5 Å². The van der Waals surface area contributed by atoms with E-state index in [1.807, 2.05) is 24.3 Å². The summed E-state index contributed by atoms with van der Waals surface area (Å²) in [6.07, 6.45) is 0. The third kappa shape index (κ3) is 2.91. The summed E-state index contributed by atoms with van der Waals surface area (Å²) < 4.78 is 15.2. The van der Waals surface area contributed by atoms with E-state index in [1.165, 1.54) is 6.07 Å². The van der Waals surface area contributed by atoms with E-state index in [4.69, 9.17) is 12.2 Å². The van der Waals surface area contributed by atoms with E-state index < -0.39 is 5.82 Å². The van der Waals surface area contributed by atoms with Gasteiger partial charge in [-0.15, -0.1) is 10.2 Å². The molecule has 0 spiro atoms. The molecule has 0 atom stereocenters. The zero-order chi connectivity index (χ0) is 16.4. The van der Waals surface area contributed by atoms with Crippen LogP contribution in [0.25, 0.3) is 10.9 Å². The van der Waals surface area contributed by atoms with Gasteiger partial charge >= 0.3 is 0 Å². The molecule has 1 aromatic heterocycles. The number of nitrogens with zero attached hydrogens (tertiary/aromatic N) is 3. The molecule has 0 aliphatic carbocycles. The minimum Gasteiger partial charge on any atom is -0.493 e. The monoisotopic (exact) mass is 328 g/mol. The minimum atomic E-state index is -0.432. The van der Waals surface area contributed by atoms with Crippen LogP contribution in [0.2, 0.25) is 0 Å². The maximum atomic E-state index is 13.6. The number of halogens is 1. The lowest BCUT2D eigenvalue weighted by atomic mass is 10.2. The molecule has 0 radical (unpaired) electrons. The summed E-state index contributed by atoms with van der Waals surface area (Å²) in [7, 11) is 1.73. The molecule has 116 valence electrons. The minimum absolute atomic E-state index is 0.00225. The number of nitrogens with one attached hydrogen (secondary N) is 1. The average Bonchev–Trinajstić information content (AvgIpc) is 2.80. The van der Waals surface area contributed by atoms with Crippen molar-refractivity contribution in [3.63, 3.8) is 0 Å². The van der Waals surface area contributed by atoms with Crippen molar-refractivity contribution in [2.75, 3.05) is 5.32 Å². The van der Waals surface area contributed by atoms with E-state index in [-0.39, 0.29) is 16.7 Å². The highest BCUT2D eigenvalue weighted by atomic mass is 32.1. The lowest BCUT2D eigenvalue weighted by Gasteiger charge is -2.03. The van der Waals surface area contributed by atoms with Crippen molar-refractivity contribution in [2.45, 2.75) is 0 Å². The predicted octanol–water partition coefficient (Wildman–Crippen LogP) is 4.50. The number of rotatable bonds is 2. The van der Waals surface area contributed by atoms with Gasteiger partial charge in [0.15, 0.2) is 5.69 Å². The van der Waals surface area contributed by atoms with Crippen LogP contribution in [0.15, 0.2) is 58.8 Å². The first-order valence-electron chi connectivity index (χ1n) is 6.81. The maximum absolute atomic E-state index is 13.6. The number of aromatic hydroxyl groups is 1. The highest BCUT2D eigenvalue weighted by molar-refractivity contribution is 7.80. The summed E-state index contributed by atoms with van der Waals surface area (Å²) in [6, 6.07) is 13.5. The molecular weight excluding hydrogens is 315 g/mol. The number of para-hydroxylation sites is 2. The van der Waals surface area contributed by atoms with Gasteiger partial charge in [-0.05, 0) is 30.4 Å². The first-order valence-corrected chi connectivity index (χ1v) is 7.22. The molecule has 7 heteroatoms. The summed E-state index contributed by atoms with van der Waals surface area (Å²) in [4.78, 5) is 0. The third-order valence-electron chi connectivity index (χ3n) is 3.41. The van der Waals surface area contributed by atoms with Crippen molar-refractivity contribution in [1.82, 2.24) is 4.57 Å². The van der Waals surface area contributed by atoms with Crippen LogP contribution in [0, 0.1) is 5.82 Å². The highest BCUT2D eigenvalue weighted by Gasteiger charge is 2.13. The molecule has 0 saturated carbocycles. The predicted molar refractivity (Wildman–Crippen MR) is 91.7 cm³/mol. The van der Waals surface area contributed by atoms with Crippen molar-refractivity contribution in [3.05, 3.63) is 54.3 Å². The van der Waals surface area contributed by atoms with Crippen LogP contribution in [-0.2, 0) is 7.05 Å². The van der Waals surface area contributed by atoms with E-state index >= 15 is 0 Å². The molecule has 0 fully saturated rings. The van der Waals surface area contributed by atoms with E-state index in [0.29, 0.717) is 5.69 Å². The largest absolute Gasteiger partial charge is 0.493 e. The fourth-order valence-corrected chi connectivity index (χ4v) is 2.41. The van der Waals surface area contributed by atoms with Crippen LogP contribution in [0.3, 0.4) is 0 Å². The molecule has 0 saturated heterocycles. The Bertz CT molecular complexity index is 920. The summed E-state index contributed by atoms with van der Waals surface area (Å²) in [5.74, 6) is -0.443. The quantitative estimate of drug-likeness (QED) is 0.538. The Kier molecular flexibility index (Phi) is 4.03. The van der Waals surface area contributed by atoms with Crippen LogP contribution in [0.1, 0.15) is 0 Å². The lowest BCUT2D eigenvalue weighted by molar-refractivity contribution is 0.436. The van der Waals surface area contributed by atoms with Crippen molar-refractivity contribution >= 4 is 39.6 Å². The number of aromatic nitrogens is 1. The van der Waals surface area contributed by atoms with E-state index in [0.717, 1.165) is 10.9 Å². The topological polar surface area (TPSA) is 61.9 Å². The molecule has 0 aliphatic heterocycles. The number of anilines is 1. The highest BCUT2D eigenvalue weighted by Crippen LogP contribution is 2.37. The van der Waals surface area contributed by atoms with Gasteiger partial charge in [0, 0.05) is 12.4 Å². The molecule has 0 unspecified atom stereocenters. The Morgan fingerprint density at radius 2 is 1.87 bits per heavy atom. The number of azo groups is 1. The van der Waals surface area contributed by atoms with Gasteiger partial charge in [0.1, 0.15) is 5.82 Å². The van der Waals surface area contributed by atoms with Crippen molar-refractivity contribution in [1.29, 1.82) is 0 Å². The van der Waals surface area contributed by atoms with Crippen molar-refractivity contribution < 1.29 is 9.50 Å². The molecule has 5 nitrogen and oxygen atoms in total. The van der Waals surface area contributed by atoms with Gasteiger partial charge in [-0.2, -0.15) is 0 Å². The fraction of sp³-hybridized carbons (Fsp3) is 0.0625. The molecule has 0 amide bonds. The van der Waals surface area contributed by atoms with Crippen LogP contribution in [0.5, 0.6) is 5.88 Å². The lowest BCUT2D eigenvalue weighted by Crippen LogP contribution is -2.06. The smallest absolute Gasteiger partial charge is 0.220 e. The molecule has 0 bridgehead atoms. The molecule has 3 aromatic rings. The zero-order valence-corrected chi connectivity index (χ0v) is 13.0. The van der Waals surface area contributed by atoms with Crippen LogP contribution in [-0.4, -0.2) is 14.8 Å². The summed E-state index contributed by atoms with van der Waals surface area (Å²) in [6.45, 7) is 0. The van der Waals surface area contributed by atoms with Gasteiger partial charge in [0.2, 0.25) is 11.0 Å². The second-order valence-electron chi connectivity index (χ2n) is 4.86. The number of fused-ring (bicyclic) bond motifs is 1. The first kappa shape index (κ1) is 15.1. The molecule has 2 N–H and O–H groups in total. The second-order valence-corrected chi connectivity index (χ2v) is 5.25. The van der Waals surface area contributed by atoms with Gasteiger partial charge in [-0.25, -0.2) is 4.39 Å². The fourth-order valence-electron chi connectivity index (χ4n) is 2.26. The number of thiocarbonyl (C=S) groups is 1. The normalized spacial score (nSPS) is 11.2. The Balaban J connectivity index is 1.87. The summed E-state index contributed by atoms with van der Waals surface area (Å²) in [5, 5.41) is 21.4. The molecule has 0 aliphatic rings. The van der Waals surface area contributed by atoms with Crippen LogP contribution < -0.4 is 5.32 Å². The maximum Gasteiger partial charge on any atom is 0.220 e. The number of aryl methyl sites for hydroxylation is 1. The van der Waals surface area contributed by atoms with Crippen molar-refractivity contribution in [3.8, 4) is 5.88 Å². The van der Waals surface area contributed by atoms with Crippen LogP contribution >= 0.6 is 12.2 Å². The van der Waals surface area contributed by atoms with E-state index in [9.17, 15) is 9.50 Å². The average molecular weight is 328 g/mol. The summed E-state index contributed by atoms with van der Waals surface area (Å²) in [5.41, 5.74) is 1.37. The van der Waals surface area contributed by atoms with Crippen LogP contribution in [0.4, 0.5) is 15.8 Å². The Morgan fingerprint density at radius 1 is 1.17 bits per heavy atom.